The highest BCUT2D eigenvalue weighted by Gasteiger charge is 2.07. The van der Waals surface area contributed by atoms with Crippen molar-refractivity contribution in [2.45, 2.75) is 13.0 Å². The van der Waals surface area contributed by atoms with E-state index in [2.05, 4.69) is 0 Å². The molecule has 0 amide bonds. The summed E-state index contributed by atoms with van der Waals surface area (Å²) in [5.41, 5.74) is 0.801. The summed E-state index contributed by atoms with van der Waals surface area (Å²) in [6.45, 7) is 1.52. The van der Waals surface area contributed by atoms with Gasteiger partial charge in [-0.3, -0.25) is 10.1 Å². The minimum atomic E-state index is -0.716. The van der Waals surface area contributed by atoms with Crippen LogP contribution in [0.2, 0.25) is 0 Å². The second-order valence-electron chi connectivity index (χ2n) is 3.53. The Balaban J connectivity index is 2.93. The zero-order chi connectivity index (χ0) is 12.8. The third-order valence-corrected chi connectivity index (χ3v) is 2.27. The summed E-state index contributed by atoms with van der Waals surface area (Å²) >= 11 is 0. The van der Waals surface area contributed by atoms with E-state index in [1.807, 2.05) is 0 Å². The lowest BCUT2D eigenvalue weighted by Gasteiger charge is -2.05. The predicted octanol–water partition coefficient (Wildman–Crippen LogP) is 2.38. The molecule has 92 valence electrons. The summed E-state index contributed by atoms with van der Waals surface area (Å²) in [5, 5.41) is 10.5. The summed E-state index contributed by atoms with van der Waals surface area (Å²) in [5.74, 6) is 1.30. The van der Waals surface area contributed by atoms with Crippen molar-refractivity contribution in [3.63, 3.8) is 0 Å². The number of methoxy groups -OCH3 is 2. The van der Waals surface area contributed by atoms with Crippen molar-refractivity contribution in [1.82, 2.24) is 0 Å². The van der Waals surface area contributed by atoms with Crippen LogP contribution in [0.4, 0.5) is 0 Å². The highest BCUT2D eigenvalue weighted by Crippen LogP contribution is 2.23. The van der Waals surface area contributed by atoms with E-state index in [1.54, 1.807) is 38.5 Å². The maximum absolute atomic E-state index is 10.5. The highest BCUT2D eigenvalue weighted by atomic mass is 16.6. The van der Waals surface area contributed by atoms with E-state index in [-0.39, 0.29) is 4.92 Å². The molecule has 0 radical (unpaired) electrons. The molecule has 0 aliphatic heterocycles. The van der Waals surface area contributed by atoms with E-state index < -0.39 is 6.04 Å². The van der Waals surface area contributed by atoms with E-state index in [0.717, 1.165) is 5.56 Å². The van der Waals surface area contributed by atoms with Crippen LogP contribution in [-0.2, 0) is 0 Å². The first kappa shape index (κ1) is 13.0. The van der Waals surface area contributed by atoms with Crippen LogP contribution in [0.15, 0.2) is 24.3 Å². The SMILES string of the molecule is COc1cc(/C=C\C(C)[N+](=O)[O-])cc(OC)c1. The Morgan fingerprint density at radius 1 is 1.24 bits per heavy atom. The zero-order valence-corrected chi connectivity index (χ0v) is 10.0. The van der Waals surface area contributed by atoms with Crippen molar-refractivity contribution >= 4 is 6.08 Å². The van der Waals surface area contributed by atoms with Gasteiger partial charge in [-0.15, -0.1) is 0 Å². The molecule has 1 atom stereocenters. The van der Waals surface area contributed by atoms with Crippen LogP contribution < -0.4 is 9.47 Å². The largest absolute Gasteiger partial charge is 0.497 e. The first-order chi connectivity index (χ1) is 8.06. The van der Waals surface area contributed by atoms with Crippen molar-refractivity contribution in [3.05, 3.63) is 40.0 Å². The summed E-state index contributed by atoms with van der Waals surface area (Å²) < 4.78 is 10.2. The topological polar surface area (TPSA) is 61.6 Å². The summed E-state index contributed by atoms with van der Waals surface area (Å²) in [7, 11) is 3.11. The lowest BCUT2D eigenvalue weighted by atomic mass is 10.1. The maximum Gasteiger partial charge on any atom is 0.228 e. The standard InChI is InChI=1S/C12H15NO4/c1-9(13(14)15)4-5-10-6-11(16-2)8-12(7-10)17-3/h4-9H,1-3H3/b5-4-. The monoisotopic (exact) mass is 237 g/mol. The molecule has 0 bridgehead atoms. The molecule has 1 rings (SSSR count). The van der Waals surface area contributed by atoms with Gasteiger partial charge in [-0.2, -0.15) is 0 Å². The molecule has 5 nitrogen and oxygen atoms in total. The Labute approximate surface area is 99.8 Å². The van der Waals surface area contributed by atoms with Gasteiger partial charge in [0.1, 0.15) is 11.5 Å². The van der Waals surface area contributed by atoms with Crippen LogP contribution in [0.1, 0.15) is 12.5 Å². The molecular weight excluding hydrogens is 222 g/mol. The smallest absolute Gasteiger partial charge is 0.228 e. The van der Waals surface area contributed by atoms with Crippen molar-refractivity contribution < 1.29 is 14.4 Å². The number of hydrogen-bond donors (Lipinski definition) is 0. The number of rotatable bonds is 5. The molecule has 0 spiro atoms. The van der Waals surface area contributed by atoms with Crippen LogP contribution in [0.5, 0.6) is 11.5 Å². The summed E-state index contributed by atoms with van der Waals surface area (Å²) in [6, 6.07) is 4.60. The first-order valence-electron chi connectivity index (χ1n) is 5.11. The van der Waals surface area contributed by atoms with Gasteiger partial charge >= 0.3 is 0 Å². The van der Waals surface area contributed by atoms with Gasteiger partial charge in [-0.05, 0) is 23.8 Å². The van der Waals surface area contributed by atoms with Gasteiger partial charge in [0.15, 0.2) is 0 Å². The van der Waals surface area contributed by atoms with Gasteiger partial charge < -0.3 is 9.47 Å². The Bertz CT molecular complexity index is 406. The van der Waals surface area contributed by atoms with Crippen LogP contribution in [0.3, 0.4) is 0 Å². The van der Waals surface area contributed by atoms with Crippen molar-refractivity contribution in [3.8, 4) is 11.5 Å². The second kappa shape index (κ2) is 5.89. The third-order valence-electron chi connectivity index (χ3n) is 2.27. The average molecular weight is 237 g/mol. The second-order valence-corrected chi connectivity index (χ2v) is 3.53. The van der Waals surface area contributed by atoms with E-state index in [4.69, 9.17) is 9.47 Å². The quantitative estimate of drug-likeness (QED) is 0.582. The minimum absolute atomic E-state index is 0.353. The molecule has 0 heterocycles. The molecule has 0 saturated heterocycles. The van der Waals surface area contributed by atoms with Gasteiger partial charge in [0.05, 0.1) is 14.2 Å². The van der Waals surface area contributed by atoms with E-state index in [1.165, 1.54) is 13.0 Å². The molecule has 0 aliphatic carbocycles. The number of nitro groups is 1. The van der Waals surface area contributed by atoms with Crippen molar-refractivity contribution in [2.24, 2.45) is 0 Å². The number of benzene rings is 1. The molecule has 0 aliphatic rings. The van der Waals surface area contributed by atoms with Gasteiger partial charge in [-0.1, -0.05) is 6.08 Å². The first-order valence-corrected chi connectivity index (χ1v) is 5.11. The Hall–Kier alpha value is -2.04. The highest BCUT2D eigenvalue weighted by molar-refractivity contribution is 5.55. The van der Waals surface area contributed by atoms with Crippen LogP contribution in [-0.4, -0.2) is 25.2 Å². The molecular formula is C12H15NO4. The van der Waals surface area contributed by atoms with Crippen LogP contribution in [0, 0.1) is 10.1 Å². The van der Waals surface area contributed by atoms with Crippen molar-refractivity contribution in [1.29, 1.82) is 0 Å². The fourth-order valence-electron chi connectivity index (χ4n) is 1.25. The van der Waals surface area contributed by atoms with E-state index in [9.17, 15) is 10.1 Å². The lowest BCUT2D eigenvalue weighted by Crippen LogP contribution is -2.10. The summed E-state index contributed by atoms with van der Waals surface area (Å²) in [4.78, 5) is 10.1. The molecule has 1 aromatic rings. The number of ether oxygens (including phenoxy) is 2. The molecule has 5 heteroatoms. The van der Waals surface area contributed by atoms with Gasteiger partial charge in [0.2, 0.25) is 6.04 Å². The van der Waals surface area contributed by atoms with E-state index >= 15 is 0 Å². The molecule has 1 aromatic carbocycles. The molecule has 0 N–H and O–H groups in total. The summed E-state index contributed by atoms with van der Waals surface area (Å²) in [6.07, 6.45) is 3.20. The fraction of sp³-hybridized carbons (Fsp3) is 0.333. The lowest BCUT2D eigenvalue weighted by molar-refractivity contribution is -0.504. The third kappa shape index (κ3) is 3.79. The van der Waals surface area contributed by atoms with Crippen LogP contribution in [0.25, 0.3) is 6.08 Å². The van der Waals surface area contributed by atoms with E-state index in [0.29, 0.717) is 11.5 Å². The number of nitrogens with zero attached hydrogens (tertiary/aromatic N) is 1. The Morgan fingerprint density at radius 2 is 1.76 bits per heavy atom. The molecule has 1 unspecified atom stereocenters. The van der Waals surface area contributed by atoms with Crippen molar-refractivity contribution in [2.75, 3.05) is 14.2 Å². The Morgan fingerprint density at radius 3 is 2.18 bits per heavy atom. The minimum Gasteiger partial charge on any atom is -0.497 e. The maximum atomic E-state index is 10.5. The van der Waals surface area contributed by atoms with Gasteiger partial charge in [0.25, 0.3) is 0 Å². The molecule has 17 heavy (non-hydrogen) atoms. The molecule has 0 aromatic heterocycles. The fourth-order valence-corrected chi connectivity index (χ4v) is 1.25. The molecule has 0 fully saturated rings. The predicted molar refractivity (Wildman–Crippen MR) is 65.0 cm³/mol. The normalized spacial score (nSPS) is 12.4. The average Bonchev–Trinajstić information content (AvgIpc) is 2.35. The number of hydrogen-bond acceptors (Lipinski definition) is 4. The Kier molecular flexibility index (Phi) is 4.51. The molecule has 0 saturated carbocycles. The van der Waals surface area contributed by atoms with Crippen LogP contribution >= 0.6 is 0 Å². The zero-order valence-electron chi connectivity index (χ0n) is 10.0. The van der Waals surface area contributed by atoms with Gasteiger partial charge in [-0.25, -0.2) is 0 Å². The van der Waals surface area contributed by atoms with Gasteiger partial charge in [0, 0.05) is 17.9 Å².